The van der Waals surface area contributed by atoms with Gasteiger partial charge in [0.15, 0.2) is 0 Å². The SMILES string of the molecule is CCCCC[C@H](O)/C=C/[C@@H]1[C@@H](C/C=C/CCCC(=O)OC[C@@H](O)COC(=O)CCCCCCCCCCC(C)CC)[C@@H](O)C[C@H]1O. The summed E-state index contributed by atoms with van der Waals surface area (Å²) in [6.45, 7) is 6.31. The first kappa shape index (κ1) is 42.3. The topological polar surface area (TPSA) is 134 Å². The lowest BCUT2D eigenvalue weighted by molar-refractivity contribution is -0.152. The molecule has 1 fully saturated rings. The molecule has 0 aromatic carbocycles. The zero-order chi connectivity index (χ0) is 34.0. The van der Waals surface area contributed by atoms with Crippen molar-refractivity contribution >= 4 is 11.9 Å². The summed E-state index contributed by atoms with van der Waals surface area (Å²) in [5.74, 6) is -0.215. The Hall–Kier alpha value is -1.74. The Morgan fingerprint density at radius 2 is 1.35 bits per heavy atom. The number of allylic oxidation sites excluding steroid dienone is 2. The van der Waals surface area contributed by atoms with Crippen LogP contribution in [-0.2, 0) is 19.1 Å². The van der Waals surface area contributed by atoms with E-state index in [0.717, 1.165) is 44.4 Å². The Morgan fingerprint density at radius 3 is 1.98 bits per heavy atom. The molecule has 268 valence electrons. The minimum Gasteiger partial charge on any atom is -0.463 e. The van der Waals surface area contributed by atoms with Crippen LogP contribution < -0.4 is 0 Å². The molecule has 0 heterocycles. The molecule has 0 aliphatic heterocycles. The maximum absolute atomic E-state index is 12.0. The van der Waals surface area contributed by atoms with Gasteiger partial charge in [0.2, 0.25) is 0 Å². The van der Waals surface area contributed by atoms with Crippen LogP contribution in [0.1, 0.15) is 149 Å². The van der Waals surface area contributed by atoms with Gasteiger partial charge in [-0.3, -0.25) is 9.59 Å². The Kier molecular flexibility index (Phi) is 25.0. The number of hydrogen-bond acceptors (Lipinski definition) is 8. The van der Waals surface area contributed by atoms with Crippen molar-refractivity contribution in [1.29, 1.82) is 0 Å². The second kappa shape index (κ2) is 27.2. The van der Waals surface area contributed by atoms with Crippen LogP contribution in [0.3, 0.4) is 0 Å². The van der Waals surface area contributed by atoms with E-state index in [9.17, 15) is 30.0 Å². The smallest absolute Gasteiger partial charge is 0.305 e. The van der Waals surface area contributed by atoms with E-state index in [4.69, 9.17) is 9.47 Å². The molecule has 8 nitrogen and oxygen atoms in total. The molecule has 0 amide bonds. The van der Waals surface area contributed by atoms with Gasteiger partial charge in [0.05, 0.1) is 18.3 Å². The standard InChI is InChI=1S/C38H68O8/c1-4-6-15-21-31(39)25-26-34-33(35(41)27-36(34)42)22-17-13-14-19-24-38(44)46-29-32(40)28-45-37(43)23-18-12-10-8-7-9-11-16-20-30(3)5-2/h13,17,25-26,30-36,39-42H,4-12,14-16,18-24,27-29H2,1-3H3/b17-13+,26-25+/t30?,31-,32-,33+,34+,35-,36+/m0/s1. The predicted molar refractivity (Wildman–Crippen MR) is 184 cm³/mol. The van der Waals surface area contributed by atoms with Gasteiger partial charge in [-0.2, -0.15) is 0 Å². The fourth-order valence-electron chi connectivity index (χ4n) is 6.00. The number of hydrogen-bond donors (Lipinski definition) is 4. The summed E-state index contributed by atoms with van der Waals surface area (Å²) >= 11 is 0. The Bertz CT molecular complexity index is 828. The zero-order valence-electron chi connectivity index (χ0n) is 29.3. The van der Waals surface area contributed by atoms with Crippen molar-refractivity contribution in [3.8, 4) is 0 Å². The van der Waals surface area contributed by atoms with Gasteiger partial charge in [-0.05, 0) is 43.9 Å². The van der Waals surface area contributed by atoms with Crippen molar-refractivity contribution in [1.82, 2.24) is 0 Å². The van der Waals surface area contributed by atoms with Gasteiger partial charge in [-0.25, -0.2) is 0 Å². The monoisotopic (exact) mass is 652 g/mol. The minimum atomic E-state index is -1.04. The quantitative estimate of drug-likeness (QED) is 0.0392. The summed E-state index contributed by atoms with van der Waals surface area (Å²) in [5, 5.41) is 41.0. The molecule has 0 aromatic rings. The average molecular weight is 653 g/mol. The lowest BCUT2D eigenvalue weighted by atomic mass is 9.89. The fraction of sp³-hybridized carbons (Fsp3) is 0.842. The number of aliphatic hydroxyl groups is 4. The summed E-state index contributed by atoms with van der Waals surface area (Å²) in [6, 6.07) is 0. The van der Waals surface area contributed by atoms with Gasteiger partial charge in [0, 0.05) is 25.2 Å². The van der Waals surface area contributed by atoms with Crippen LogP contribution in [0.2, 0.25) is 0 Å². The number of carbonyl (C=O) groups is 2. The highest BCUT2D eigenvalue weighted by Crippen LogP contribution is 2.36. The second-order valence-electron chi connectivity index (χ2n) is 13.6. The van der Waals surface area contributed by atoms with E-state index in [1.165, 1.54) is 44.9 Å². The molecule has 1 aliphatic carbocycles. The minimum absolute atomic E-state index is 0.116. The summed E-state index contributed by atoms with van der Waals surface area (Å²) in [7, 11) is 0. The van der Waals surface area contributed by atoms with Crippen LogP contribution in [0.15, 0.2) is 24.3 Å². The highest BCUT2D eigenvalue weighted by molar-refractivity contribution is 5.69. The highest BCUT2D eigenvalue weighted by atomic mass is 16.6. The van der Waals surface area contributed by atoms with Gasteiger partial charge in [-0.15, -0.1) is 0 Å². The summed E-state index contributed by atoms with van der Waals surface area (Å²) < 4.78 is 10.3. The second-order valence-corrected chi connectivity index (χ2v) is 13.6. The third-order valence-corrected chi connectivity index (χ3v) is 9.30. The Balaban J connectivity index is 2.09. The van der Waals surface area contributed by atoms with Crippen LogP contribution in [0.5, 0.6) is 0 Å². The van der Waals surface area contributed by atoms with Crippen LogP contribution >= 0.6 is 0 Å². The molecule has 46 heavy (non-hydrogen) atoms. The molecule has 0 saturated heterocycles. The van der Waals surface area contributed by atoms with Crippen molar-refractivity contribution in [3.63, 3.8) is 0 Å². The maximum atomic E-state index is 12.0. The third kappa shape index (κ3) is 21.2. The molecule has 1 unspecified atom stereocenters. The third-order valence-electron chi connectivity index (χ3n) is 9.30. The average Bonchev–Trinajstić information content (AvgIpc) is 3.31. The summed E-state index contributed by atoms with van der Waals surface area (Å²) in [6.07, 6.45) is 23.3. The molecule has 0 spiro atoms. The number of rotatable bonds is 28. The van der Waals surface area contributed by atoms with Crippen molar-refractivity contribution in [2.45, 2.75) is 174 Å². The van der Waals surface area contributed by atoms with E-state index >= 15 is 0 Å². The molecular formula is C38H68O8. The van der Waals surface area contributed by atoms with E-state index in [2.05, 4.69) is 20.8 Å². The van der Waals surface area contributed by atoms with E-state index < -0.39 is 30.4 Å². The van der Waals surface area contributed by atoms with E-state index in [0.29, 0.717) is 38.5 Å². The van der Waals surface area contributed by atoms with Crippen molar-refractivity contribution in [2.75, 3.05) is 13.2 Å². The normalized spacial score (nSPS) is 22.0. The molecule has 8 heteroatoms. The van der Waals surface area contributed by atoms with Crippen molar-refractivity contribution < 1.29 is 39.5 Å². The fourth-order valence-corrected chi connectivity index (χ4v) is 6.00. The first-order valence-corrected chi connectivity index (χ1v) is 18.5. The van der Waals surface area contributed by atoms with Crippen LogP contribution in [0, 0.1) is 17.8 Å². The molecule has 1 aliphatic rings. The van der Waals surface area contributed by atoms with Crippen LogP contribution in [0.4, 0.5) is 0 Å². The number of aliphatic hydroxyl groups excluding tert-OH is 4. The van der Waals surface area contributed by atoms with Crippen LogP contribution in [0.25, 0.3) is 0 Å². The summed E-state index contributed by atoms with van der Waals surface area (Å²) in [5.41, 5.74) is 0. The molecule has 4 N–H and O–H groups in total. The Labute approximate surface area is 280 Å². The van der Waals surface area contributed by atoms with E-state index in [1.54, 1.807) is 6.08 Å². The molecule has 0 radical (unpaired) electrons. The first-order chi connectivity index (χ1) is 22.2. The van der Waals surface area contributed by atoms with Gasteiger partial charge in [0.25, 0.3) is 0 Å². The molecule has 0 bridgehead atoms. The van der Waals surface area contributed by atoms with Crippen molar-refractivity contribution in [2.24, 2.45) is 17.8 Å². The van der Waals surface area contributed by atoms with Gasteiger partial charge < -0.3 is 29.9 Å². The van der Waals surface area contributed by atoms with Crippen molar-refractivity contribution in [3.05, 3.63) is 24.3 Å². The van der Waals surface area contributed by atoms with Crippen LogP contribution in [-0.4, -0.2) is 70.0 Å². The largest absolute Gasteiger partial charge is 0.463 e. The molecule has 1 saturated carbocycles. The van der Waals surface area contributed by atoms with Gasteiger partial charge >= 0.3 is 11.9 Å². The molecule has 1 rings (SSSR count). The summed E-state index contributed by atoms with van der Waals surface area (Å²) in [4.78, 5) is 24.0. The van der Waals surface area contributed by atoms with Gasteiger partial charge in [0.1, 0.15) is 19.3 Å². The molecule has 7 atom stereocenters. The molecular weight excluding hydrogens is 584 g/mol. The number of unbranched alkanes of at least 4 members (excludes halogenated alkanes) is 10. The van der Waals surface area contributed by atoms with E-state index in [-0.39, 0.29) is 37.4 Å². The lowest BCUT2D eigenvalue weighted by Crippen LogP contribution is -2.25. The number of carbonyl (C=O) groups excluding carboxylic acids is 2. The number of esters is 2. The highest BCUT2D eigenvalue weighted by Gasteiger charge is 2.39. The molecule has 0 aromatic heterocycles. The maximum Gasteiger partial charge on any atom is 0.305 e. The van der Waals surface area contributed by atoms with E-state index in [1.807, 2.05) is 18.2 Å². The predicted octanol–water partition coefficient (Wildman–Crippen LogP) is 7.35. The van der Waals surface area contributed by atoms with Gasteiger partial charge in [-0.1, -0.05) is 122 Å². The lowest BCUT2D eigenvalue weighted by Gasteiger charge is -2.19. The number of ether oxygens (including phenoxy) is 2. The first-order valence-electron chi connectivity index (χ1n) is 18.5. The Morgan fingerprint density at radius 1 is 0.761 bits per heavy atom. The zero-order valence-corrected chi connectivity index (χ0v) is 29.3.